The molecule has 2 aliphatic heterocycles. The molecule has 0 spiro atoms. The van der Waals surface area contributed by atoms with Gasteiger partial charge in [-0.05, 0) is 56.8 Å². The molecule has 1 saturated heterocycles. The number of benzene rings is 1. The highest BCUT2D eigenvalue weighted by atomic mass is 35.5. The summed E-state index contributed by atoms with van der Waals surface area (Å²) in [5, 5.41) is 3.37. The molecule has 1 fully saturated rings. The van der Waals surface area contributed by atoms with Gasteiger partial charge in [0.05, 0.1) is 0 Å². The van der Waals surface area contributed by atoms with Crippen molar-refractivity contribution < 1.29 is 4.79 Å². The highest BCUT2D eigenvalue weighted by Crippen LogP contribution is 2.32. The van der Waals surface area contributed by atoms with Crippen molar-refractivity contribution >= 4 is 24.0 Å². The first-order chi connectivity index (χ1) is 9.25. The van der Waals surface area contributed by atoms with Crippen molar-refractivity contribution in [1.82, 2.24) is 5.32 Å². The van der Waals surface area contributed by atoms with E-state index in [-0.39, 0.29) is 12.4 Å². The number of hydrogen-bond donors (Lipinski definition) is 1. The zero-order valence-corrected chi connectivity index (χ0v) is 12.8. The third-order valence-corrected chi connectivity index (χ3v) is 4.40. The van der Waals surface area contributed by atoms with E-state index in [1.54, 1.807) is 0 Å². The fourth-order valence-electron chi connectivity index (χ4n) is 3.35. The molecule has 0 bridgehead atoms. The van der Waals surface area contributed by atoms with Gasteiger partial charge in [-0.15, -0.1) is 12.4 Å². The average molecular weight is 295 g/mol. The Labute approximate surface area is 127 Å². The van der Waals surface area contributed by atoms with Crippen LogP contribution in [0.4, 0.5) is 5.69 Å². The van der Waals surface area contributed by atoms with Crippen LogP contribution in [-0.2, 0) is 11.2 Å². The maximum Gasteiger partial charge on any atom is 0.227 e. The molecular formula is C16H23ClN2O. The number of carbonyl (C=O) groups excluding carboxylic acids is 1. The maximum absolute atomic E-state index is 12.5. The predicted octanol–water partition coefficient (Wildman–Crippen LogP) is 2.78. The molecule has 20 heavy (non-hydrogen) atoms. The number of amides is 1. The minimum atomic E-state index is 0. The largest absolute Gasteiger partial charge is 0.316 e. The highest BCUT2D eigenvalue weighted by Gasteiger charge is 2.30. The summed E-state index contributed by atoms with van der Waals surface area (Å²) in [6.45, 7) is 4.34. The van der Waals surface area contributed by atoms with E-state index in [1.807, 2.05) is 11.0 Å². The summed E-state index contributed by atoms with van der Waals surface area (Å²) < 4.78 is 0. The minimum Gasteiger partial charge on any atom is -0.316 e. The summed E-state index contributed by atoms with van der Waals surface area (Å²) in [5.74, 6) is 0.987. The quantitative estimate of drug-likeness (QED) is 0.930. The van der Waals surface area contributed by atoms with Crippen molar-refractivity contribution in [2.45, 2.75) is 38.6 Å². The molecule has 2 aliphatic rings. The van der Waals surface area contributed by atoms with Crippen molar-refractivity contribution in [3.05, 3.63) is 29.8 Å². The second kappa shape index (κ2) is 6.59. The van der Waals surface area contributed by atoms with Gasteiger partial charge in [-0.25, -0.2) is 0 Å². The van der Waals surface area contributed by atoms with Gasteiger partial charge in [0.2, 0.25) is 5.91 Å². The third-order valence-electron chi connectivity index (χ3n) is 4.40. The van der Waals surface area contributed by atoms with Gasteiger partial charge in [0, 0.05) is 18.2 Å². The molecule has 2 atom stereocenters. The first-order valence-electron chi connectivity index (χ1n) is 7.36. The maximum atomic E-state index is 12.5. The Morgan fingerprint density at radius 1 is 1.40 bits per heavy atom. The molecule has 3 rings (SSSR count). The smallest absolute Gasteiger partial charge is 0.227 e. The van der Waals surface area contributed by atoms with Crippen LogP contribution >= 0.6 is 12.4 Å². The van der Waals surface area contributed by atoms with Gasteiger partial charge in [-0.3, -0.25) is 4.79 Å². The van der Waals surface area contributed by atoms with Gasteiger partial charge in [0.1, 0.15) is 0 Å². The lowest BCUT2D eigenvalue weighted by Crippen LogP contribution is -2.35. The van der Waals surface area contributed by atoms with E-state index < -0.39 is 0 Å². The van der Waals surface area contributed by atoms with Gasteiger partial charge < -0.3 is 10.2 Å². The number of halogens is 1. The van der Waals surface area contributed by atoms with Gasteiger partial charge in [-0.1, -0.05) is 18.2 Å². The zero-order valence-electron chi connectivity index (χ0n) is 12.0. The molecule has 1 aromatic rings. The third kappa shape index (κ3) is 2.99. The molecule has 4 heteroatoms. The van der Waals surface area contributed by atoms with Gasteiger partial charge in [0.25, 0.3) is 0 Å². The monoisotopic (exact) mass is 294 g/mol. The summed E-state index contributed by atoms with van der Waals surface area (Å²) in [5.41, 5.74) is 2.44. The summed E-state index contributed by atoms with van der Waals surface area (Å²) in [6.07, 6.45) is 3.93. The lowest BCUT2D eigenvalue weighted by molar-refractivity contribution is -0.119. The Kier molecular flexibility index (Phi) is 5.06. The molecule has 2 heterocycles. The van der Waals surface area contributed by atoms with Crippen LogP contribution in [0.5, 0.6) is 0 Å². The molecule has 1 amide bonds. The average Bonchev–Trinajstić information content (AvgIpc) is 3.02. The van der Waals surface area contributed by atoms with Crippen molar-refractivity contribution in [2.75, 3.05) is 18.0 Å². The van der Waals surface area contributed by atoms with Crippen molar-refractivity contribution in [1.29, 1.82) is 0 Å². The number of para-hydroxylation sites is 1. The van der Waals surface area contributed by atoms with E-state index >= 15 is 0 Å². The molecule has 110 valence electrons. The SMILES string of the molecule is CC1Cc2ccccc2N1C(=O)CCC1CCNC1.Cl. The second-order valence-corrected chi connectivity index (χ2v) is 5.84. The Hall–Kier alpha value is -1.06. The topological polar surface area (TPSA) is 32.3 Å². The number of nitrogens with zero attached hydrogens (tertiary/aromatic N) is 1. The standard InChI is InChI=1S/C16H22N2O.ClH/c1-12-10-14-4-2-3-5-15(14)18(12)16(19)7-6-13-8-9-17-11-13;/h2-5,12-13,17H,6-11H2,1H3;1H. The van der Waals surface area contributed by atoms with E-state index in [1.165, 1.54) is 12.0 Å². The normalized spacial score (nSPS) is 24.4. The predicted molar refractivity (Wildman–Crippen MR) is 84.6 cm³/mol. The van der Waals surface area contributed by atoms with Crippen molar-refractivity contribution in [2.24, 2.45) is 5.92 Å². The fraction of sp³-hybridized carbons (Fsp3) is 0.562. The zero-order chi connectivity index (χ0) is 13.2. The van der Waals surface area contributed by atoms with Gasteiger partial charge >= 0.3 is 0 Å². The molecule has 3 nitrogen and oxygen atoms in total. The van der Waals surface area contributed by atoms with Crippen LogP contribution in [0.25, 0.3) is 0 Å². The summed E-state index contributed by atoms with van der Waals surface area (Å²) >= 11 is 0. The molecule has 2 unspecified atom stereocenters. The molecular weight excluding hydrogens is 272 g/mol. The van der Waals surface area contributed by atoms with Crippen LogP contribution in [0.2, 0.25) is 0 Å². The second-order valence-electron chi connectivity index (χ2n) is 5.84. The Morgan fingerprint density at radius 3 is 2.95 bits per heavy atom. The van der Waals surface area contributed by atoms with E-state index in [0.717, 1.165) is 31.6 Å². The number of rotatable bonds is 3. The van der Waals surface area contributed by atoms with E-state index in [2.05, 4.69) is 30.4 Å². The molecule has 0 aromatic heterocycles. The fourth-order valence-corrected chi connectivity index (χ4v) is 3.35. The first-order valence-corrected chi connectivity index (χ1v) is 7.36. The summed E-state index contributed by atoms with van der Waals surface area (Å²) in [7, 11) is 0. The minimum absolute atomic E-state index is 0. The van der Waals surface area contributed by atoms with Crippen molar-refractivity contribution in [3.8, 4) is 0 Å². The van der Waals surface area contributed by atoms with E-state index in [9.17, 15) is 4.79 Å². The lowest BCUT2D eigenvalue weighted by atomic mass is 10.0. The Bertz CT molecular complexity index is 471. The Morgan fingerprint density at radius 2 is 2.20 bits per heavy atom. The van der Waals surface area contributed by atoms with Crippen LogP contribution in [-0.4, -0.2) is 25.0 Å². The number of hydrogen-bond acceptors (Lipinski definition) is 2. The van der Waals surface area contributed by atoms with Gasteiger partial charge in [0.15, 0.2) is 0 Å². The van der Waals surface area contributed by atoms with Crippen LogP contribution in [0.15, 0.2) is 24.3 Å². The van der Waals surface area contributed by atoms with Crippen LogP contribution < -0.4 is 10.2 Å². The number of carbonyl (C=O) groups is 1. The highest BCUT2D eigenvalue weighted by molar-refractivity contribution is 5.96. The summed E-state index contributed by atoms with van der Waals surface area (Å²) in [4.78, 5) is 14.5. The molecule has 0 saturated carbocycles. The molecule has 1 aromatic carbocycles. The van der Waals surface area contributed by atoms with Gasteiger partial charge in [-0.2, -0.15) is 0 Å². The Balaban J connectivity index is 0.00000147. The molecule has 1 N–H and O–H groups in total. The number of nitrogens with one attached hydrogen (secondary N) is 1. The van der Waals surface area contributed by atoms with E-state index in [4.69, 9.17) is 0 Å². The van der Waals surface area contributed by atoms with Crippen LogP contribution in [0, 0.1) is 5.92 Å². The molecule has 0 radical (unpaired) electrons. The first kappa shape index (κ1) is 15.3. The van der Waals surface area contributed by atoms with Crippen LogP contribution in [0.1, 0.15) is 31.7 Å². The molecule has 0 aliphatic carbocycles. The summed E-state index contributed by atoms with van der Waals surface area (Å²) in [6, 6.07) is 8.61. The van der Waals surface area contributed by atoms with Crippen molar-refractivity contribution in [3.63, 3.8) is 0 Å². The lowest BCUT2D eigenvalue weighted by Gasteiger charge is -2.23. The van der Waals surface area contributed by atoms with Crippen LogP contribution in [0.3, 0.4) is 0 Å². The number of fused-ring (bicyclic) bond motifs is 1. The number of anilines is 1. The van der Waals surface area contributed by atoms with E-state index in [0.29, 0.717) is 24.3 Å².